The molecule has 1 N–H and O–H groups in total. The first-order valence-corrected chi connectivity index (χ1v) is 12.3. The summed E-state index contributed by atoms with van der Waals surface area (Å²) in [5.41, 5.74) is 2.73. The number of aromatic nitrogens is 4. The summed E-state index contributed by atoms with van der Waals surface area (Å²) in [6.45, 7) is 9.00. The first-order chi connectivity index (χ1) is 16.2. The molecule has 9 nitrogen and oxygen atoms in total. The number of hydrogen-bond donors (Lipinski definition) is 1. The summed E-state index contributed by atoms with van der Waals surface area (Å²) in [5, 5.41) is 8.02. The third-order valence-corrected chi connectivity index (χ3v) is 6.12. The van der Waals surface area contributed by atoms with Gasteiger partial charge in [-0.3, -0.25) is 4.79 Å². The summed E-state index contributed by atoms with van der Waals surface area (Å²) in [7, 11) is 0. The lowest BCUT2D eigenvalue weighted by Crippen LogP contribution is -2.24. The van der Waals surface area contributed by atoms with Crippen LogP contribution >= 0.6 is 11.8 Å². The van der Waals surface area contributed by atoms with Crippen LogP contribution in [0.25, 0.3) is 0 Å². The van der Waals surface area contributed by atoms with Crippen molar-refractivity contribution in [2.45, 2.75) is 51.4 Å². The van der Waals surface area contributed by atoms with E-state index >= 15 is 0 Å². The number of thioether (sulfide) groups is 1. The lowest BCUT2D eigenvalue weighted by Gasteiger charge is -2.22. The van der Waals surface area contributed by atoms with Crippen molar-refractivity contribution in [1.29, 1.82) is 0 Å². The summed E-state index contributed by atoms with van der Waals surface area (Å²) < 4.78 is 6.44. The molecule has 0 atom stereocenters. The quantitative estimate of drug-likeness (QED) is 0.422. The van der Waals surface area contributed by atoms with E-state index in [-0.39, 0.29) is 17.9 Å². The van der Waals surface area contributed by atoms with Crippen molar-refractivity contribution in [3.05, 3.63) is 58.9 Å². The molecule has 10 heteroatoms. The van der Waals surface area contributed by atoms with E-state index in [0.717, 1.165) is 16.9 Å². The molecule has 178 valence electrons. The van der Waals surface area contributed by atoms with Crippen LogP contribution in [-0.2, 0) is 23.2 Å². The molecular formula is C24H28N6O3S. The van der Waals surface area contributed by atoms with Gasteiger partial charge in [0.25, 0.3) is 5.91 Å². The lowest BCUT2D eigenvalue weighted by atomic mass is 9.83. The fraction of sp³-hybridized carbons (Fsp3) is 0.375. The van der Waals surface area contributed by atoms with Crippen LogP contribution in [0.2, 0.25) is 0 Å². The molecule has 3 heterocycles. The smallest absolute Gasteiger partial charge is 0.435 e. The number of ether oxygens (including phenoxy) is 1. The minimum atomic E-state index is -0.580. The molecule has 0 saturated heterocycles. The second-order valence-electron chi connectivity index (χ2n) is 8.89. The average molecular weight is 481 g/mol. The van der Waals surface area contributed by atoms with Crippen LogP contribution in [0.3, 0.4) is 0 Å². The van der Waals surface area contributed by atoms with Gasteiger partial charge in [-0.05, 0) is 36.3 Å². The summed E-state index contributed by atoms with van der Waals surface area (Å²) in [5.74, 6) is 0.812. The molecule has 0 spiro atoms. The van der Waals surface area contributed by atoms with E-state index in [2.05, 4.69) is 41.2 Å². The number of carbonyl (C=O) groups excluding carboxylic acids is 2. The summed E-state index contributed by atoms with van der Waals surface area (Å²) >= 11 is 1.46. The maximum Gasteiger partial charge on any atom is 0.435 e. The van der Waals surface area contributed by atoms with Crippen LogP contribution in [-0.4, -0.2) is 44.6 Å². The van der Waals surface area contributed by atoms with E-state index in [1.807, 2.05) is 35.4 Å². The Kier molecular flexibility index (Phi) is 6.60. The normalized spacial score (nSPS) is 13.0. The van der Waals surface area contributed by atoms with Gasteiger partial charge in [-0.2, -0.15) is 4.68 Å². The van der Waals surface area contributed by atoms with E-state index in [1.54, 1.807) is 19.2 Å². The van der Waals surface area contributed by atoms with Crippen LogP contribution in [0.4, 0.5) is 16.4 Å². The molecule has 1 aliphatic rings. The number of amides is 1. The predicted octanol–water partition coefficient (Wildman–Crippen LogP) is 4.47. The van der Waals surface area contributed by atoms with Gasteiger partial charge in [0.1, 0.15) is 5.82 Å². The Balaban J connectivity index is 1.69. The number of hydrogen-bond acceptors (Lipinski definition) is 8. The molecule has 1 amide bonds. The van der Waals surface area contributed by atoms with Crippen LogP contribution in [0.1, 0.15) is 54.9 Å². The molecule has 34 heavy (non-hydrogen) atoms. The fourth-order valence-electron chi connectivity index (χ4n) is 3.96. The maximum absolute atomic E-state index is 13.3. The number of fused-ring (bicyclic) bond motifs is 1. The summed E-state index contributed by atoms with van der Waals surface area (Å²) in [6.07, 6.45) is 3.05. The van der Waals surface area contributed by atoms with E-state index in [4.69, 9.17) is 4.74 Å². The first-order valence-electron chi connectivity index (χ1n) is 11.0. The first kappa shape index (κ1) is 23.7. The predicted molar refractivity (Wildman–Crippen MR) is 131 cm³/mol. The van der Waals surface area contributed by atoms with E-state index < -0.39 is 6.09 Å². The summed E-state index contributed by atoms with van der Waals surface area (Å²) in [6, 6.07) is 9.34. The van der Waals surface area contributed by atoms with Crippen LogP contribution in [0.5, 0.6) is 0 Å². The standard InChI is InChI=1S/C24H28N6O3S/c1-6-33-23(32)30-18-14-29(19-11-12-25-22(26-19)34-5)13-16(18)20(28-30)27-21(31)15-9-7-8-10-17(15)24(2,3)4/h7-12H,6,13-14H2,1-5H3,(H,27,28,31). The molecule has 0 aliphatic carbocycles. The Hall–Kier alpha value is -3.40. The Bertz CT molecular complexity index is 1230. The number of nitrogens with zero attached hydrogens (tertiary/aromatic N) is 5. The largest absolute Gasteiger partial charge is 0.448 e. The third-order valence-electron chi connectivity index (χ3n) is 5.56. The molecule has 0 radical (unpaired) electrons. The molecular weight excluding hydrogens is 452 g/mol. The van der Waals surface area contributed by atoms with Crippen LogP contribution in [0, 0.1) is 0 Å². The number of carbonyl (C=O) groups is 2. The molecule has 0 unspecified atom stereocenters. The monoisotopic (exact) mass is 480 g/mol. The van der Waals surface area contributed by atoms with Crippen LogP contribution in [0.15, 0.2) is 41.7 Å². The average Bonchev–Trinajstić information content (AvgIpc) is 3.39. The van der Waals surface area contributed by atoms with Crippen molar-refractivity contribution < 1.29 is 14.3 Å². The minimum Gasteiger partial charge on any atom is -0.448 e. The summed E-state index contributed by atoms with van der Waals surface area (Å²) in [4.78, 5) is 36.7. The highest BCUT2D eigenvalue weighted by molar-refractivity contribution is 7.98. The molecule has 2 aromatic heterocycles. The number of rotatable bonds is 5. The molecule has 1 aliphatic heterocycles. The van der Waals surface area contributed by atoms with Gasteiger partial charge < -0.3 is 15.0 Å². The zero-order chi connectivity index (χ0) is 24.5. The van der Waals surface area contributed by atoms with Crippen LogP contribution < -0.4 is 10.2 Å². The highest BCUT2D eigenvalue weighted by atomic mass is 32.2. The SMILES string of the molecule is CCOC(=O)n1nc(NC(=O)c2ccccc2C(C)(C)C)c2c1CN(c1ccnc(SC)n1)C2. The number of benzene rings is 1. The highest BCUT2D eigenvalue weighted by Crippen LogP contribution is 2.33. The lowest BCUT2D eigenvalue weighted by molar-refractivity contribution is 0.102. The molecule has 3 aromatic rings. The number of anilines is 2. The van der Waals surface area contributed by atoms with Crippen molar-refractivity contribution in [1.82, 2.24) is 19.7 Å². The topological polar surface area (TPSA) is 102 Å². The fourth-order valence-corrected chi connectivity index (χ4v) is 4.31. The van der Waals surface area contributed by atoms with Crippen molar-refractivity contribution >= 4 is 35.4 Å². The van der Waals surface area contributed by atoms with Crippen molar-refractivity contribution in [2.24, 2.45) is 0 Å². The minimum absolute atomic E-state index is 0.209. The maximum atomic E-state index is 13.3. The van der Waals surface area contributed by atoms with Gasteiger partial charge in [-0.25, -0.2) is 14.8 Å². The Labute approximate surface area is 202 Å². The Morgan fingerprint density at radius 1 is 1.18 bits per heavy atom. The van der Waals surface area contributed by atoms with E-state index in [0.29, 0.717) is 35.3 Å². The molecule has 1 aromatic carbocycles. The van der Waals surface area contributed by atoms with Gasteiger partial charge in [-0.1, -0.05) is 50.7 Å². The van der Waals surface area contributed by atoms with Gasteiger partial charge in [0, 0.05) is 17.3 Å². The van der Waals surface area contributed by atoms with Gasteiger partial charge in [0.05, 0.1) is 25.4 Å². The molecule has 4 rings (SSSR count). The van der Waals surface area contributed by atoms with Crippen molar-refractivity contribution in [3.63, 3.8) is 0 Å². The zero-order valence-corrected chi connectivity index (χ0v) is 20.8. The van der Waals surface area contributed by atoms with Gasteiger partial charge in [-0.15, -0.1) is 5.10 Å². The van der Waals surface area contributed by atoms with Gasteiger partial charge in [0.2, 0.25) is 0 Å². The number of nitrogens with one attached hydrogen (secondary N) is 1. The second kappa shape index (κ2) is 9.46. The second-order valence-corrected chi connectivity index (χ2v) is 9.67. The molecule has 0 bridgehead atoms. The van der Waals surface area contributed by atoms with Gasteiger partial charge >= 0.3 is 6.09 Å². The Morgan fingerprint density at radius 2 is 1.94 bits per heavy atom. The highest BCUT2D eigenvalue weighted by Gasteiger charge is 2.33. The van der Waals surface area contributed by atoms with E-state index in [9.17, 15) is 9.59 Å². The molecule has 0 fully saturated rings. The van der Waals surface area contributed by atoms with Crippen molar-refractivity contribution in [2.75, 3.05) is 23.1 Å². The third kappa shape index (κ3) is 4.63. The van der Waals surface area contributed by atoms with E-state index in [1.165, 1.54) is 16.4 Å². The zero-order valence-electron chi connectivity index (χ0n) is 20.0. The Morgan fingerprint density at radius 3 is 2.65 bits per heavy atom. The molecule has 0 saturated carbocycles. The van der Waals surface area contributed by atoms with Crippen molar-refractivity contribution in [3.8, 4) is 0 Å². The van der Waals surface area contributed by atoms with Gasteiger partial charge in [0.15, 0.2) is 11.0 Å².